The molecule has 94 valence electrons. The van der Waals surface area contributed by atoms with E-state index in [4.69, 9.17) is 0 Å². The molecule has 1 aromatic heterocycles. The third kappa shape index (κ3) is 2.91. The van der Waals surface area contributed by atoms with Crippen LogP contribution in [0.25, 0.3) is 10.6 Å². The third-order valence-electron chi connectivity index (χ3n) is 2.31. The minimum absolute atomic E-state index is 0.365. The monoisotopic (exact) mass is 279 g/mol. The Morgan fingerprint density at radius 2 is 2.11 bits per heavy atom. The van der Waals surface area contributed by atoms with E-state index in [1.165, 1.54) is 23.3 Å². The summed E-state index contributed by atoms with van der Waals surface area (Å²) >= 11 is 3.25. The van der Waals surface area contributed by atoms with Gasteiger partial charge in [0.1, 0.15) is 5.01 Å². The van der Waals surface area contributed by atoms with Crippen molar-refractivity contribution in [3.8, 4) is 10.6 Å². The summed E-state index contributed by atoms with van der Waals surface area (Å²) in [4.78, 5) is 16.8. The second kappa shape index (κ2) is 6.02. The number of rotatable bonds is 4. The zero-order chi connectivity index (χ0) is 13.0. The maximum atomic E-state index is 11.3. The summed E-state index contributed by atoms with van der Waals surface area (Å²) in [5, 5.41) is 2.55. The maximum absolute atomic E-state index is 11.3. The number of nitrogens with zero attached hydrogens (tertiary/aromatic N) is 1. The smallest absolute Gasteiger partial charge is 0.357 e. The number of thioether (sulfide) groups is 1. The van der Waals surface area contributed by atoms with E-state index in [1.807, 2.05) is 12.1 Å². The van der Waals surface area contributed by atoms with Crippen LogP contribution in [0.3, 0.4) is 0 Å². The van der Waals surface area contributed by atoms with E-state index < -0.39 is 5.97 Å². The number of hydrogen-bond donors (Lipinski definition) is 0. The van der Waals surface area contributed by atoms with E-state index in [-0.39, 0.29) is 0 Å². The van der Waals surface area contributed by atoms with Gasteiger partial charge in [0.05, 0.1) is 7.11 Å². The van der Waals surface area contributed by atoms with Crippen LogP contribution in [0, 0.1) is 0 Å². The molecule has 0 fully saturated rings. The van der Waals surface area contributed by atoms with E-state index in [0.29, 0.717) is 5.69 Å². The Hall–Kier alpha value is -1.33. The molecule has 0 aliphatic carbocycles. The number of carbonyl (C=O) groups is 1. The summed E-state index contributed by atoms with van der Waals surface area (Å²) in [7, 11) is 1.36. The van der Waals surface area contributed by atoms with Gasteiger partial charge in [0, 0.05) is 15.8 Å². The van der Waals surface area contributed by atoms with Crippen LogP contribution >= 0.6 is 23.1 Å². The molecule has 0 aliphatic rings. The van der Waals surface area contributed by atoms with E-state index in [9.17, 15) is 4.79 Å². The van der Waals surface area contributed by atoms with Crippen molar-refractivity contribution in [3.63, 3.8) is 0 Å². The fourth-order valence-electron chi connectivity index (χ4n) is 1.47. The van der Waals surface area contributed by atoms with Crippen LogP contribution in [0.2, 0.25) is 0 Å². The Kier molecular flexibility index (Phi) is 4.38. The first-order chi connectivity index (χ1) is 8.74. The van der Waals surface area contributed by atoms with Crippen LogP contribution in [0.4, 0.5) is 0 Å². The number of methoxy groups -OCH3 is 1. The molecule has 1 heterocycles. The summed E-state index contributed by atoms with van der Waals surface area (Å²) in [6, 6.07) is 8.20. The normalized spacial score (nSPS) is 10.3. The third-order valence-corrected chi connectivity index (χ3v) is 4.10. The molecule has 5 heteroatoms. The SMILES string of the molecule is CCSc1ccc(-c2nc(C(=O)OC)cs2)cc1. The summed E-state index contributed by atoms with van der Waals surface area (Å²) in [6.45, 7) is 2.13. The zero-order valence-corrected chi connectivity index (χ0v) is 11.8. The van der Waals surface area contributed by atoms with Gasteiger partial charge in [0.25, 0.3) is 0 Å². The van der Waals surface area contributed by atoms with Crippen molar-refractivity contribution in [2.75, 3.05) is 12.9 Å². The Morgan fingerprint density at radius 1 is 1.39 bits per heavy atom. The molecule has 0 atom stereocenters. The molecule has 0 saturated heterocycles. The molecule has 0 unspecified atom stereocenters. The highest BCUT2D eigenvalue weighted by molar-refractivity contribution is 7.99. The molecule has 2 rings (SSSR count). The summed E-state index contributed by atoms with van der Waals surface area (Å²) in [5.41, 5.74) is 1.39. The lowest BCUT2D eigenvalue weighted by Gasteiger charge is -2.00. The number of carbonyl (C=O) groups excluding carboxylic acids is 1. The molecular formula is C13H13NO2S2. The van der Waals surface area contributed by atoms with E-state index >= 15 is 0 Å². The van der Waals surface area contributed by atoms with Crippen molar-refractivity contribution in [2.24, 2.45) is 0 Å². The minimum Gasteiger partial charge on any atom is -0.464 e. The first-order valence-corrected chi connectivity index (χ1v) is 7.38. The fraction of sp³-hybridized carbons (Fsp3) is 0.231. The highest BCUT2D eigenvalue weighted by atomic mass is 32.2. The second-order valence-electron chi connectivity index (χ2n) is 3.49. The van der Waals surface area contributed by atoms with Crippen molar-refractivity contribution < 1.29 is 9.53 Å². The minimum atomic E-state index is -0.393. The molecule has 0 N–H and O–H groups in total. The molecule has 0 saturated carbocycles. The average molecular weight is 279 g/mol. The van der Waals surface area contributed by atoms with Crippen molar-refractivity contribution in [1.29, 1.82) is 0 Å². The number of benzene rings is 1. The molecule has 18 heavy (non-hydrogen) atoms. The van der Waals surface area contributed by atoms with Gasteiger partial charge >= 0.3 is 5.97 Å². The summed E-state index contributed by atoms with van der Waals surface area (Å²) < 4.78 is 4.64. The summed E-state index contributed by atoms with van der Waals surface area (Å²) in [5.74, 6) is 0.666. The van der Waals surface area contributed by atoms with E-state index in [0.717, 1.165) is 16.3 Å². The fourth-order valence-corrected chi connectivity index (χ4v) is 2.92. The summed E-state index contributed by atoms with van der Waals surface area (Å²) in [6.07, 6.45) is 0. The first-order valence-electron chi connectivity index (χ1n) is 5.51. The van der Waals surface area contributed by atoms with Gasteiger partial charge in [-0.15, -0.1) is 23.1 Å². The standard InChI is InChI=1S/C13H13NO2S2/c1-3-17-10-6-4-9(5-7-10)12-14-11(8-18-12)13(15)16-2/h4-8H,3H2,1-2H3. The van der Waals surface area contributed by atoms with Crippen LogP contribution in [0.5, 0.6) is 0 Å². The van der Waals surface area contributed by atoms with Gasteiger partial charge < -0.3 is 4.74 Å². The number of aromatic nitrogens is 1. The lowest BCUT2D eigenvalue weighted by molar-refractivity contribution is 0.0595. The number of ether oxygens (including phenoxy) is 1. The van der Waals surface area contributed by atoms with Gasteiger partial charge in [0.2, 0.25) is 0 Å². The molecular weight excluding hydrogens is 266 g/mol. The highest BCUT2D eigenvalue weighted by Gasteiger charge is 2.11. The van der Waals surface area contributed by atoms with Crippen molar-refractivity contribution in [2.45, 2.75) is 11.8 Å². The largest absolute Gasteiger partial charge is 0.464 e. The van der Waals surface area contributed by atoms with E-state index in [2.05, 4.69) is 28.8 Å². The predicted molar refractivity (Wildman–Crippen MR) is 75.3 cm³/mol. The van der Waals surface area contributed by atoms with Gasteiger partial charge in [-0.3, -0.25) is 0 Å². The van der Waals surface area contributed by atoms with Crippen LogP contribution in [-0.2, 0) is 4.74 Å². The van der Waals surface area contributed by atoms with Gasteiger partial charge in [-0.1, -0.05) is 19.1 Å². The van der Waals surface area contributed by atoms with E-state index in [1.54, 1.807) is 17.1 Å². The zero-order valence-electron chi connectivity index (χ0n) is 10.2. The highest BCUT2D eigenvalue weighted by Crippen LogP contribution is 2.26. The number of esters is 1. The topological polar surface area (TPSA) is 39.2 Å². The van der Waals surface area contributed by atoms with Crippen LogP contribution in [-0.4, -0.2) is 23.8 Å². The number of thiazole rings is 1. The molecule has 2 aromatic rings. The predicted octanol–water partition coefficient (Wildman–Crippen LogP) is 3.71. The van der Waals surface area contributed by atoms with Crippen molar-refractivity contribution >= 4 is 29.1 Å². The Bertz CT molecular complexity index is 534. The Labute approximate surface area is 114 Å². The molecule has 0 spiro atoms. The number of hydrogen-bond acceptors (Lipinski definition) is 5. The van der Waals surface area contributed by atoms with Gasteiger partial charge in [-0.25, -0.2) is 9.78 Å². The molecule has 0 aliphatic heterocycles. The van der Waals surface area contributed by atoms with Crippen LogP contribution < -0.4 is 0 Å². The molecule has 0 bridgehead atoms. The lowest BCUT2D eigenvalue weighted by atomic mass is 10.2. The molecule has 0 radical (unpaired) electrons. The molecule has 1 aromatic carbocycles. The maximum Gasteiger partial charge on any atom is 0.357 e. The Balaban J connectivity index is 2.20. The van der Waals surface area contributed by atoms with Crippen LogP contribution in [0.1, 0.15) is 17.4 Å². The molecule has 0 amide bonds. The van der Waals surface area contributed by atoms with Crippen LogP contribution in [0.15, 0.2) is 34.5 Å². The van der Waals surface area contributed by atoms with Gasteiger partial charge in [-0.05, 0) is 17.9 Å². The quantitative estimate of drug-likeness (QED) is 0.632. The van der Waals surface area contributed by atoms with Gasteiger partial charge in [-0.2, -0.15) is 0 Å². The van der Waals surface area contributed by atoms with Crippen molar-refractivity contribution in [1.82, 2.24) is 4.98 Å². The lowest BCUT2D eigenvalue weighted by Crippen LogP contribution is -2.00. The molecule has 3 nitrogen and oxygen atoms in total. The Morgan fingerprint density at radius 3 is 2.72 bits per heavy atom. The van der Waals surface area contributed by atoms with Gasteiger partial charge in [0.15, 0.2) is 5.69 Å². The van der Waals surface area contributed by atoms with Crippen molar-refractivity contribution in [3.05, 3.63) is 35.3 Å². The second-order valence-corrected chi connectivity index (χ2v) is 5.68. The first kappa shape index (κ1) is 13.1. The average Bonchev–Trinajstić information content (AvgIpc) is 2.89.